The lowest BCUT2D eigenvalue weighted by molar-refractivity contribution is 1.31. The molecule has 2 nitrogen and oxygen atoms in total. The summed E-state index contributed by atoms with van der Waals surface area (Å²) in [5.74, 6) is 2.56. The molecule has 0 aromatic carbocycles. The van der Waals surface area contributed by atoms with Crippen molar-refractivity contribution in [3.63, 3.8) is 0 Å². The van der Waals surface area contributed by atoms with Crippen molar-refractivity contribution < 1.29 is 0 Å². The normalized spacial score (nSPS) is 8.25. The standard InChI is InChI=1S/C9H6N2S.2C2H6/c1-3-7-9-6(2)4-10-5-8(9)12-11-7;2*1-2/h1,4-5H,2H3;2*1-2H3. The molecule has 16 heavy (non-hydrogen) atoms. The van der Waals surface area contributed by atoms with Gasteiger partial charge >= 0.3 is 0 Å². The van der Waals surface area contributed by atoms with Gasteiger partial charge in [0.1, 0.15) is 5.69 Å². The van der Waals surface area contributed by atoms with Crippen LogP contribution in [0.15, 0.2) is 12.4 Å². The van der Waals surface area contributed by atoms with Crippen molar-refractivity contribution in [2.45, 2.75) is 34.6 Å². The van der Waals surface area contributed by atoms with Gasteiger partial charge in [-0.05, 0) is 29.9 Å². The SMILES string of the molecule is C#Cc1nsc2cncc(C)c12.CC.CC. The molecule has 0 spiro atoms. The first-order valence-corrected chi connectivity index (χ1v) is 6.27. The maximum Gasteiger partial charge on any atom is 0.134 e. The summed E-state index contributed by atoms with van der Waals surface area (Å²) in [4.78, 5) is 4.06. The molecule has 0 N–H and O–H groups in total. The fraction of sp³-hybridized carbons (Fsp3) is 0.385. The van der Waals surface area contributed by atoms with Crippen LogP contribution in [0.3, 0.4) is 0 Å². The lowest BCUT2D eigenvalue weighted by Crippen LogP contribution is -1.79. The molecule has 0 bridgehead atoms. The third kappa shape index (κ3) is 3.04. The molecule has 0 aliphatic carbocycles. The maximum absolute atomic E-state index is 5.30. The number of nitrogens with zero attached hydrogens (tertiary/aromatic N) is 2. The van der Waals surface area contributed by atoms with Gasteiger partial charge in [-0.1, -0.05) is 27.7 Å². The molecule has 0 saturated heterocycles. The Morgan fingerprint density at radius 1 is 1.19 bits per heavy atom. The van der Waals surface area contributed by atoms with Crippen molar-refractivity contribution >= 4 is 21.6 Å². The number of aromatic nitrogens is 2. The highest BCUT2D eigenvalue weighted by atomic mass is 32.1. The van der Waals surface area contributed by atoms with Crippen LogP contribution in [0.1, 0.15) is 39.0 Å². The van der Waals surface area contributed by atoms with Crippen LogP contribution in [-0.2, 0) is 0 Å². The van der Waals surface area contributed by atoms with E-state index in [2.05, 4.69) is 15.3 Å². The zero-order chi connectivity index (χ0) is 12.6. The van der Waals surface area contributed by atoms with Gasteiger partial charge < -0.3 is 0 Å². The molecule has 86 valence electrons. The molecule has 0 fully saturated rings. The second-order valence-corrected chi connectivity index (χ2v) is 3.31. The van der Waals surface area contributed by atoms with E-state index in [1.54, 1.807) is 12.4 Å². The van der Waals surface area contributed by atoms with E-state index >= 15 is 0 Å². The van der Waals surface area contributed by atoms with Gasteiger partial charge in [-0.25, -0.2) is 0 Å². The van der Waals surface area contributed by atoms with Crippen LogP contribution in [0.5, 0.6) is 0 Å². The fourth-order valence-corrected chi connectivity index (χ4v) is 1.94. The molecule has 0 amide bonds. The first-order chi connectivity index (χ1) is 7.83. The molecule has 2 rings (SSSR count). The van der Waals surface area contributed by atoms with E-state index in [1.807, 2.05) is 34.6 Å². The summed E-state index contributed by atoms with van der Waals surface area (Å²) < 4.78 is 5.20. The Bertz CT molecular complexity index is 466. The van der Waals surface area contributed by atoms with Gasteiger partial charge in [-0.15, -0.1) is 6.42 Å². The number of rotatable bonds is 0. The van der Waals surface area contributed by atoms with Crippen molar-refractivity contribution in [3.8, 4) is 12.3 Å². The molecular formula is C13H18N2S. The Morgan fingerprint density at radius 3 is 2.38 bits per heavy atom. The number of terminal acetylenes is 1. The average Bonchev–Trinajstić information content (AvgIpc) is 2.79. The monoisotopic (exact) mass is 234 g/mol. The Morgan fingerprint density at radius 2 is 1.81 bits per heavy atom. The minimum absolute atomic E-state index is 0.731. The molecule has 0 radical (unpaired) electrons. The summed E-state index contributed by atoms with van der Waals surface area (Å²) in [7, 11) is 0. The molecular weight excluding hydrogens is 216 g/mol. The van der Waals surface area contributed by atoms with E-state index in [1.165, 1.54) is 11.5 Å². The molecule has 0 atom stereocenters. The summed E-state index contributed by atoms with van der Waals surface area (Å²) in [5, 5.41) is 1.07. The van der Waals surface area contributed by atoms with Gasteiger partial charge in [-0.3, -0.25) is 4.98 Å². The van der Waals surface area contributed by atoms with Crippen LogP contribution in [0, 0.1) is 19.3 Å². The molecule has 0 aliphatic rings. The Hall–Kier alpha value is -1.40. The van der Waals surface area contributed by atoms with Gasteiger partial charge in [0, 0.05) is 17.8 Å². The van der Waals surface area contributed by atoms with E-state index in [4.69, 9.17) is 6.42 Å². The number of pyridine rings is 1. The van der Waals surface area contributed by atoms with E-state index in [0.29, 0.717) is 0 Å². The Labute approximate surface area is 102 Å². The molecule has 0 unspecified atom stereocenters. The van der Waals surface area contributed by atoms with Crippen molar-refractivity contribution in [2.24, 2.45) is 0 Å². The lowest BCUT2D eigenvalue weighted by Gasteiger charge is -1.92. The van der Waals surface area contributed by atoms with Crippen LogP contribution in [-0.4, -0.2) is 9.36 Å². The predicted molar refractivity (Wildman–Crippen MR) is 72.8 cm³/mol. The summed E-state index contributed by atoms with van der Waals surface area (Å²) in [6.45, 7) is 9.99. The third-order valence-electron chi connectivity index (χ3n) is 1.71. The van der Waals surface area contributed by atoms with Crippen molar-refractivity contribution in [1.29, 1.82) is 0 Å². The van der Waals surface area contributed by atoms with Gasteiger partial charge in [-0.2, -0.15) is 4.37 Å². The van der Waals surface area contributed by atoms with E-state index < -0.39 is 0 Å². The quantitative estimate of drug-likeness (QED) is 0.643. The van der Waals surface area contributed by atoms with Crippen LogP contribution in [0.2, 0.25) is 0 Å². The highest BCUT2D eigenvalue weighted by Crippen LogP contribution is 2.23. The average molecular weight is 234 g/mol. The highest BCUT2D eigenvalue weighted by Gasteiger charge is 2.05. The van der Waals surface area contributed by atoms with Gasteiger partial charge in [0.15, 0.2) is 0 Å². The second-order valence-electron chi connectivity index (χ2n) is 2.51. The number of fused-ring (bicyclic) bond motifs is 1. The summed E-state index contributed by atoms with van der Waals surface area (Å²) in [6, 6.07) is 0. The fourth-order valence-electron chi connectivity index (χ4n) is 1.15. The minimum Gasteiger partial charge on any atom is -0.263 e. The topological polar surface area (TPSA) is 25.8 Å². The first kappa shape index (κ1) is 14.6. The van der Waals surface area contributed by atoms with Gasteiger partial charge in [0.25, 0.3) is 0 Å². The van der Waals surface area contributed by atoms with Gasteiger partial charge in [0.05, 0.1) is 4.70 Å². The zero-order valence-corrected chi connectivity index (χ0v) is 11.4. The number of hydrogen-bond donors (Lipinski definition) is 0. The molecule has 0 saturated carbocycles. The molecule has 2 aromatic heterocycles. The van der Waals surface area contributed by atoms with Crippen molar-refractivity contribution in [1.82, 2.24) is 9.36 Å². The summed E-state index contributed by atoms with van der Waals surface area (Å²) >= 11 is 1.40. The second kappa shape index (κ2) is 7.84. The van der Waals surface area contributed by atoms with Crippen molar-refractivity contribution in [3.05, 3.63) is 23.7 Å². The minimum atomic E-state index is 0.731. The molecule has 3 heteroatoms. The van der Waals surface area contributed by atoms with Crippen LogP contribution in [0.25, 0.3) is 10.1 Å². The molecule has 2 aromatic rings. The molecule has 2 heterocycles. The smallest absolute Gasteiger partial charge is 0.134 e. The van der Waals surface area contributed by atoms with Crippen LogP contribution < -0.4 is 0 Å². The third-order valence-corrected chi connectivity index (χ3v) is 2.49. The van der Waals surface area contributed by atoms with Crippen molar-refractivity contribution in [2.75, 3.05) is 0 Å². The predicted octanol–water partition coefficient (Wildman–Crippen LogP) is 4.03. The van der Waals surface area contributed by atoms with Crippen LogP contribution >= 0.6 is 11.5 Å². The Balaban J connectivity index is 0.000000509. The lowest BCUT2D eigenvalue weighted by atomic mass is 10.2. The number of aryl methyl sites for hydroxylation is 1. The number of hydrogen-bond acceptors (Lipinski definition) is 3. The first-order valence-electron chi connectivity index (χ1n) is 5.49. The Kier molecular flexibility index (Phi) is 7.15. The molecule has 0 aliphatic heterocycles. The summed E-state index contributed by atoms with van der Waals surface area (Å²) in [6.07, 6.45) is 8.90. The zero-order valence-electron chi connectivity index (χ0n) is 10.5. The summed E-state index contributed by atoms with van der Waals surface area (Å²) in [5.41, 5.74) is 1.82. The van der Waals surface area contributed by atoms with E-state index in [9.17, 15) is 0 Å². The maximum atomic E-state index is 5.30. The van der Waals surface area contributed by atoms with Crippen LogP contribution in [0.4, 0.5) is 0 Å². The highest BCUT2D eigenvalue weighted by molar-refractivity contribution is 7.13. The largest absolute Gasteiger partial charge is 0.263 e. The van der Waals surface area contributed by atoms with E-state index in [-0.39, 0.29) is 0 Å². The van der Waals surface area contributed by atoms with Gasteiger partial charge in [0.2, 0.25) is 0 Å². The van der Waals surface area contributed by atoms with E-state index in [0.717, 1.165) is 21.3 Å².